The van der Waals surface area contributed by atoms with Crippen LogP contribution in [-0.2, 0) is 11.3 Å². The van der Waals surface area contributed by atoms with Crippen molar-refractivity contribution in [3.05, 3.63) is 52.6 Å². The highest BCUT2D eigenvalue weighted by Crippen LogP contribution is 2.17. The summed E-state index contributed by atoms with van der Waals surface area (Å²) in [6, 6.07) is 6.37. The summed E-state index contributed by atoms with van der Waals surface area (Å²) in [5.41, 5.74) is 3.41. The Bertz CT molecular complexity index is 940. The Kier molecular flexibility index (Phi) is 4.98. The third-order valence-electron chi connectivity index (χ3n) is 4.01. The largest absolute Gasteiger partial charge is 0.351 e. The zero-order valence-electron chi connectivity index (χ0n) is 14.2. The molecule has 1 N–H and O–H groups in total. The number of carbonyl (C=O) groups is 1. The van der Waals surface area contributed by atoms with Gasteiger partial charge in [0.25, 0.3) is 5.78 Å². The molecule has 0 fully saturated rings. The molecule has 0 aliphatic heterocycles. The summed E-state index contributed by atoms with van der Waals surface area (Å²) in [4.78, 5) is 20.7. The minimum absolute atomic E-state index is 0.155. The highest BCUT2D eigenvalue weighted by molar-refractivity contribution is 7.99. The molecule has 130 valence electrons. The van der Waals surface area contributed by atoms with Crippen LogP contribution in [0, 0.1) is 26.6 Å². The zero-order valence-corrected chi connectivity index (χ0v) is 15.0. The van der Waals surface area contributed by atoms with Gasteiger partial charge in [-0.1, -0.05) is 30.0 Å². The fourth-order valence-corrected chi connectivity index (χ4v) is 2.96. The summed E-state index contributed by atoms with van der Waals surface area (Å²) in [6.07, 6.45) is 0. The van der Waals surface area contributed by atoms with Gasteiger partial charge in [-0.3, -0.25) is 4.79 Å². The molecule has 8 heteroatoms. The maximum Gasteiger partial charge on any atom is 0.253 e. The number of aromatic nitrogens is 4. The minimum Gasteiger partial charge on any atom is -0.351 e. The van der Waals surface area contributed by atoms with E-state index in [2.05, 4.69) is 20.4 Å². The van der Waals surface area contributed by atoms with E-state index in [-0.39, 0.29) is 24.0 Å². The van der Waals surface area contributed by atoms with Crippen molar-refractivity contribution in [2.75, 3.05) is 5.75 Å². The van der Waals surface area contributed by atoms with Gasteiger partial charge in [-0.05, 0) is 32.4 Å². The van der Waals surface area contributed by atoms with Crippen molar-refractivity contribution in [2.24, 2.45) is 0 Å². The van der Waals surface area contributed by atoms with Crippen molar-refractivity contribution < 1.29 is 9.18 Å². The standard InChI is InChI=1S/C17H18FN5OS/c1-10-11(2)20-16-21-17(22-23(16)12(10)3)25-9-15(24)19-8-13-6-4-5-7-14(13)18/h4-7H,8-9H2,1-3H3,(H,19,24). The lowest BCUT2D eigenvalue weighted by molar-refractivity contribution is -0.118. The van der Waals surface area contributed by atoms with Crippen molar-refractivity contribution in [2.45, 2.75) is 32.5 Å². The highest BCUT2D eigenvalue weighted by atomic mass is 32.2. The van der Waals surface area contributed by atoms with E-state index < -0.39 is 0 Å². The summed E-state index contributed by atoms with van der Waals surface area (Å²) in [7, 11) is 0. The van der Waals surface area contributed by atoms with Crippen molar-refractivity contribution in [1.82, 2.24) is 24.9 Å². The smallest absolute Gasteiger partial charge is 0.253 e. The second kappa shape index (κ2) is 7.18. The van der Waals surface area contributed by atoms with Gasteiger partial charge in [0, 0.05) is 23.5 Å². The molecule has 3 aromatic rings. The molecule has 0 spiro atoms. The molecular weight excluding hydrogens is 341 g/mol. The first-order valence-electron chi connectivity index (χ1n) is 7.79. The number of rotatable bonds is 5. The van der Waals surface area contributed by atoms with Crippen LogP contribution >= 0.6 is 11.8 Å². The monoisotopic (exact) mass is 359 g/mol. The third kappa shape index (κ3) is 3.79. The molecule has 0 saturated carbocycles. The lowest BCUT2D eigenvalue weighted by Crippen LogP contribution is -2.25. The number of hydrogen-bond acceptors (Lipinski definition) is 5. The molecule has 0 aliphatic carbocycles. The summed E-state index contributed by atoms with van der Waals surface area (Å²) >= 11 is 1.23. The second-order valence-corrected chi connectivity index (χ2v) is 6.61. The molecule has 0 unspecified atom stereocenters. The quantitative estimate of drug-likeness (QED) is 0.709. The molecule has 2 aromatic heterocycles. The molecule has 0 radical (unpaired) electrons. The molecular formula is C17H18FN5OS. The summed E-state index contributed by atoms with van der Waals surface area (Å²) < 4.78 is 15.2. The Hall–Kier alpha value is -2.48. The fourth-order valence-electron chi connectivity index (χ4n) is 2.32. The normalized spacial score (nSPS) is 11.0. The van der Waals surface area contributed by atoms with Crippen LogP contribution in [0.5, 0.6) is 0 Å². The molecule has 6 nitrogen and oxygen atoms in total. The van der Waals surface area contributed by atoms with Crippen molar-refractivity contribution >= 4 is 23.4 Å². The van der Waals surface area contributed by atoms with Gasteiger partial charge >= 0.3 is 0 Å². The van der Waals surface area contributed by atoms with E-state index in [0.717, 1.165) is 17.0 Å². The van der Waals surface area contributed by atoms with Gasteiger partial charge in [-0.15, -0.1) is 5.10 Å². The molecule has 0 atom stereocenters. The number of halogens is 1. The first-order valence-corrected chi connectivity index (χ1v) is 8.77. The lowest BCUT2D eigenvalue weighted by atomic mass is 10.2. The number of nitrogens with one attached hydrogen (secondary N) is 1. The minimum atomic E-state index is -0.329. The summed E-state index contributed by atoms with van der Waals surface area (Å²) in [6.45, 7) is 6.03. The van der Waals surface area contributed by atoms with E-state index in [9.17, 15) is 9.18 Å². The Morgan fingerprint density at radius 3 is 2.76 bits per heavy atom. The van der Waals surface area contributed by atoms with Crippen molar-refractivity contribution in [1.29, 1.82) is 0 Å². The lowest BCUT2D eigenvalue weighted by Gasteiger charge is -2.05. The number of nitrogens with zero attached hydrogens (tertiary/aromatic N) is 4. The third-order valence-corrected chi connectivity index (χ3v) is 4.85. The van der Waals surface area contributed by atoms with Gasteiger partial charge in [-0.2, -0.15) is 4.98 Å². The van der Waals surface area contributed by atoms with Crippen LogP contribution in [0.1, 0.15) is 22.5 Å². The Labute approximate surface area is 148 Å². The first kappa shape index (κ1) is 17.3. The number of fused-ring (bicyclic) bond motifs is 1. The van der Waals surface area contributed by atoms with Gasteiger partial charge in [0.15, 0.2) is 0 Å². The molecule has 1 amide bonds. The average molecular weight is 359 g/mol. The van der Waals surface area contributed by atoms with Crippen molar-refractivity contribution in [3.8, 4) is 0 Å². The first-order chi connectivity index (χ1) is 12.0. The van der Waals surface area contributed by atoms with E-state index in [4.69, 9.17) is 0 Å². The van der Waals surface area contributed by atoms with Crippen LogP contribution in [0.15, 0.2) is 29.4 Å². The van der Waals surface area contributed by atoms with Gasteiger partial charge < -0.3 is 5.32 Å². The Balaban J connectivity index is 1.61. The van der Waals surface area contributed by atoms with E-state index in [0.29, 0.717) is 16.5 Å². The molecule has 2 heterocycles. The molecule has 0 bridgehead atoms. The maximum atomic E-state index is 13.5. The van der Waals surface area contributed by atoms with Crippen LogP contribution in [0.3, 0.4) is 0 Å². The van der Waals surface area contributed by atoms with Gasteiger partial charge in [0.2, 0.25) is 11.1 Å². The van der Waals surface area contributed by atoms with Gasteiger partial charge in [0.1, 0.15) is 5.82 Å². The highest BCUT2D eigenvalue weighted by Gasteiger charge is 2.12. The Morgan fingerprint density at radius 1 is 1.24 bits per heavy atom. The van der Waals surface area contributed by atoms with Crippen LogP contribution in [-0.4, -0.2) is 31.2 Å². The molecule has 0 saturated heterocycles. The van der Waals surface area contributed by atoms with E-state index in [1.807, 2.05) is 20.8 Å². The average Bonchev–Trinajstić information content (AvgIpc) is 3.00. The van der Waals surface area contributed by atoms with Crippen LogP contribution in [0.2, 0.25) is 0 Å². The fraction of sp³-hybridized carbons (Fsp3) is 0.294. The maximum absolute atomic E-state index is 13.5. The number of benzene rings is 1. The molecule has 1 aromatic carbocycles. The number of carbonyl (C=O) groups excluding carboxylic acids is 1. The zero-order chi connectivity index (χ0) is 18.0. The van der Waals surface area contributed by atoms with Crippen LogP contribution in [0.25, 0.3) is 5.78 Å². The summed E-state index contributed by atoms with van der Waals surface area (Å²) in [5.74, 6) is 0.145. The number of hydrogen-bond donors (Lipinski definition) is 1. The molecule has 3 rings (SSSR count). The van der Waals surface area contributed by atoms with Gasteiger partial charge in [-0.25, -0.2) is 13.9 Å². The van der Waals surface area contributed by atoms with Crippen molar-refractivity contribution in [3.63, 3.8) is 0 Å². The SMILES string of the molecule is Cc1nc2nc(SCC(=O)NCc3ccccc3F)nn2c(C)c1C. The number of thioether (sulfide) groups is 1. The predicted octanol–water partition coefficient (Wildman–Crippen LogP) is 2.60. The number of aryl methyl sites for hydroxylation is 2. The van der Waals surface area contributed by atoms with Gasteiger partial charge in [0.05, 0.1) is 5.75 Å². The number of amides is 1. The second-order valence-electron chi connectivity index (χ2n) is 5.67. The van der Waals surface area contributed by atoms with E-state index >= 15 is 0 Å². The van der Waals surface area contributed by atoms with Crippen LogP contribution < -0.4 is 5.32 Å². The molecule has 25 heavy (non-hydrogen) atoms. The summed E-state index contributed by atoms with van der Waals surface area (Å²) in [5, 5.41) is 7.57. The Morgan fingerprint density at radius 2 is 2.00 bits per heavy atom. The van der Waals surface area contributed by atoms with Crippen LogP contribution in [0.4, 0.5) is 4.39 Å². The topological polar surface area (TPSA) is 72.2 Å². The molecule has 0 aliphatic rings. The van der Waals surface area contributed by atoms with E-state index in [1.165, 1.54) is 17.8 Å². The predicted molar refractivity (Wildman–Crippen MR) is 94.0 cm³/mol. The van der Waals surface area contributed by atoms with E-state index in [1.54, 1.807) is 22.7 Å².